The molecule has 0 aliphatic heterocycles. The molecule has 0 nitrogen and oxygen atoms in total. The second-order valence-electron chi connectivity index (χ2n) is 4.20. The van der Waals surface area contributed by atoms with Crippen LogP contribution in [0.5, 0.6) is 0 Å². The molecular formula is C11H19. The number of hydrogen-bond acceptors (Lipinski definition) is 0. The minimum atomic E-state index is 1.07. The van der Waals surface area contributed by atoms with Crippen molar-refractivity contribution >= 4 is 0 Å². The summed E-state index contributed by atoms with van der Waals surface area (Å²) in [6.07, 6.45) is 13.5. The largest absolute Gasteiger partial charge is 0.0533 e. The van der Waals surface area contributed by atoms with Gasteiger partial charge in [0.1, 0.15) is 0 Å². The molecule has 0 aromatic heterocycles. The van der Waals surface area contributed by atoms with E-state index in [2.05, 4.69) is 0 Å². The van der Waals surface area contributed by atoms with Gasteiger partial charge in [-0.25, -0.2) is 0 Å². The van der Waals surface area contributed by atoms with E-state index in [-0.39, 0.29) is 0 Å². The molecule has 0 bridgehead atoms. The smallest absolute Gasteiger partial charge is 0.0210 e. The lowest BCUT2D eigenvalue weighted by Crippen LogP contribution is -2.04. The SMILES string of the molecule is C1CCCC([C]2CC2)CCC1. The molecule has 0 amide bonds. The molecule has 1 radical (unpaired) electrons. The summed E-state index contributed by atoms with van der Waals surface area (Å²) >= 11 is 0. The Labute approximate surface area is 70.4 Å². The van der Waals surface area contributed by atoms with Crippen LogP contribution in [0, 0.1) is 11.8 Å². The van der Waals surface area contributed by atoms with Crippen molar-refractivity contribution in [3.05, 3.63) is 5.92 Å². The summed E-state index contributed by atoms with van der Waals surface area (Å²) in [6.45, 7) is 0. The highest BCUT2D eigenvalue weighted by atomic mass is 14.4. The molecule has 2 aliphatic rings. The Kier molecular flexibility index (Phi) is 2.50. The Bertz CT molecular complexity index is 105. The van der Waals surface area contributed by atoms with Crippen molar-refractivity contribution in [2.45, 2.75) is 57.8 Å². The maximum absolute atomic E-state index is 1.91. The summed E-state index contributed by atoms with van der Waals surface area (Å²) in [7, 11) is 0. The lowest BCUT2D eigenvalue weighted by molar-refractivity contribution is 0.409. The van der Waals surface area contributed by atoms with Crippen LogP contribution in [-0.4, -0.2) is 0 Å². The predicted molar refractivity (Wildman–Crippen MR) is 48.3 cm³/mol. The van der Waals surface area contributed by atoms with Crippen molar-refractivity contribution in [1.82, 2.24) is 0 Å². The van der Waals surface area contributed by atoms with Gasteiger partial charge in [0, 0.05) is 0 Å². The van der Waals surface area contributed by atoms with Gasteiger partial charge in [-0.1, -0.05) is 32.1 Å². The highest BCUT2D eigenvalue weighted by Crippen LogP contribution is 2.44. The molecule has 2 fully saturated rings. The Morgan fingerprint density at radius 3 is 1.82 bits per heavy atom. The average molecular weight is 151 g/mol. The highest BCUT2D eigenvalue weighted by Gasteiger charge is 2.30. The van der Waals surface area contributed by atoms with Gasteiger partial charge >= 0.3 is 0 Å². The van der Waals surface area contributed by atoms with Crippen LogP contribution in [0.15, 0.2) is 0 Å². The fraction of sp³-hybridized carbons (Fsp3) is 0.909. The van der Waals surface area contributed by atoms with E-state index in [9.17, 15) is 0 Å². The number of rotatable bonds is 1. The van der Waals surface area contributed by atoms with Crippen molar-refractivity contribution in [2.24, 2.45) is 5.92 Å². The van der Waals surface area contributed by atoms with Gasteiger partial charge in [0.2, 0.25) is 0 Å². The minimum absolute atomic E-state index is 1.07. The van der Waals surface area contributed by atoms with E-state index in [0.717, 1.165) is 5.92 Å². The molecule has 0 atom stereocenters. The van der Waals surface area contributed by atoms with Gasteiger partial charge in [0.25, 0.3) is 0 Å². The van der Waals surface area contributed by atoms with Crippen molar-refractivity contribution < 1.29 is 0 Å². The van der Waals surface area contributed by atoms with Gasteiger partial charge in [-0.15, -0.1) is 0 Å². The van der Waals surface area contributed by atoms with Gasteiger partial charge in [0.15, 0.2) is 0 Å². The zero-order valence-electron chi connectivity index (χ0n) is 7.44. The van der Waals surface area contributed by atoms with E-state index in [1.54, 1.807) is 0 Å². The van der Waals surface area contributed by atoms with Crippen molar-refractivity contribution in [3.8, 4) is 0 Å². The van der Waals surface area contributed by atoms with Crippen LogP contribution in [0.25, 0.3) is 0 Å². The van der Waals surface area contributed by atoms with Gasteiger partial charge in [-0.3, -0.25) is 0 Å². The van der Waals surface area contributed by atoms with E-state index < -0.39 is 0 Å². The first kappa shape index (κ1) is 7.64. The van der Waals surface area contributed by atoms with Gasteiger partial charge < -0.3 is 0 Å². The summed E-state index contributed by atoms with van der Waals surface area (Å²) in [5.74, 6) is 2.97. The van der Waals surface area contributed by atoms with Crippen LogP contribution in [-0.2, 0) is 0 Å². The second kappa shape index (κ2) is 3.60. The van der Waals surface area contributed by atoms with Gasteiger partial charge in [-0.05, 0) is 37.5 Å². The van der Waals surface area contributed by atoms with E-state index in [4.69, 9.17) is 0 Å². The summed E-state index contributed by atoms with van der Waals surface area (Å²) < 4.78 is 0. The van der Waals surface area contributed by atoms with Crippen LogP contribution in [0.1, 0.15) is 57.8 Å². The van der Waals surface area contributed by atoms with Crippen molar-refractivity contribution in [1.29, 1.82) is 0 Å². The molecule has 0 N–H and O–H groups in total. The molecule has 0 spiro atoms. The standard InChI is InChI=1S/C11H19/c1-2-4-6-10(7-5-3-1)11-8-9-11/h10H,1-9H2. The first-order chi connectivity index (χ1) is 5.47. The van der Waals surface area contributed by atoms with Gasteiger partial charge in [0.05, 0.1) is 0 Å². The summed E-state index contributed by atoms with van der Waals surface area (Å²) in [5.41, 5.74) is 0. The summed E-state index contributed by atoms with van der Waals surface area (Å²) in [5, 5.41) is 0. The Morgan fingerprint density at radius 1 is 0.727 bits per heavy atom. The van der Waals surface area contributed by atoms with E-state index in [1.807, 2.05) is 5.92 Å². The average Bonchev–Trinajstić information content (AvgIpc) is 2.68. The molecule has 0 aromatic rings. The third-order valence-corrected chi connectivity index (χ3v) is 3.22. The molecule has 0 heteroatoms. The predicted octanol–water partition coefficient (Wildman–Crippen LogP) is 3.72. The third kappa shape index (κ3) is 2.21. The van der Waals surface area contributed by atoms with E-state index >= 15 is 0 Å². The maximum Gasteiger partial charge on any atom is -0.0210 e. The van der Waals surface area contributed by atoms with Crippen LogP contribution in [0.3, 0.4) is 0 Å². The maximum atomic E-state index is 1.91. The summed E-state index contributed by atoms with van der Waals surface area (Å²) in [4.78, 5) is 0. The quantitative estimate of drug-likeness (QED) is 0.536. The van der Waals surface area contributed by atoms with Crippen molar-refractivity contribution in [3.63, 3.8) is 0 Å². The summed E-state index contributed by atoms with van der Waals surface area (Å²) in [6, 6.07) is 0. The number of hydrogen-bond donors (Lipinski definition) is 0. The lowest BCUT2D eigenvalue weighted by atomic mass is 9.88. The molecule has 2 rings (SSSR count). The fourth-order valence-corrected chi connectivity index (χ4v) is 2.34. The molecule has 63 valence electrons. The van der Waals surface area contributed by atoms with Crippen LogP contribution < -0.4 is 0 Å². The second-order valence-corrected chi connectivity index (χ2v) is 4.20. The lowest BCUT2D eigenvalue weighted by Gasteiger charge is -2.18. The molecular weight excluding hydrogens is 132 g/mol. The normalized spacial score (nSPS) is 29.5. The molecule has 11 heavy (non-hydrogen) atoms. The zero-order valence-corrected chi connectivity index (χ0v) is 7.44. The Hall–Kier alpha value is 0. The zero-order chi connectivity index (χ0) is 7.52. The minimum Gasteiger partial charge on any atom is -0.0533 e. The molecule has 2 saturated carbocycles. The van der Waals surface area contributed by atoms with Crippen molar-refractivity contribution in [2.75, 3.05) is 0 Å². The topological polar surface area (TPSA) is 0 Å². The van der Waals surface area contributed by atoms with Crippen LogP contribution in [0.2, 0.25) is 0 Å². The van der Waals surface area contributed by atoms with Crippen LogP contribution >= 0.6 is 0 Å². The van der Waals surface area contributed by atoms with Crippen LogP contribution in [0.4, 0.5) is 0 Å². The van der Waals surface area contributed by atoms with E-state index in [1.165, 1.54) is 57.8 Å². The first-order valence-corrected chi connectivity index (χ1v) is 5.31. The molecule has 0 unspecified atom stereocenters. The highest BCUT2D eigenvalue weighted by molar-refractivity contribution is 5.09. The fourth-order valence-electron chi connectivity index (χ4n) is 2.34. The molecule has 0 aromatic carbocycles. The Balaban J connectivity index is 1.76. The van der Waals surface area contributed by atoms with Gasteiger partial charge in [-0.2, -0.15) is 0 Å². The van der Waals surface area contributed by atoms with E-state index in [0.29, 0.717) is 0 Å². The third-order valence-electron chi connectivity index (χ3n) is 3.22. The monoisotopic (exact) mass is 151 g/mol. The molecule has 0 saturated heterocycles. The first-order valence-electron chi connectivity index (χ1n) is 5.31. The Morgan fingerprint density at radius 2 is 1.27 bits per heavy atom. The molecule has 0 heterocycles. The molecule has 2 aliphatic carbocycles.